The Morgan fingerprint density at radius 3 is 3.05 bits per heavy atom. The number of likely N-dealkylation sites (tertiary alicyclic amines) is 1. The van der Waals surface area contributed by atoms with Crippen molar-refractivity contribution in [3.63, 3.8) is 0 Å². The van der Waals surface area contributed by atoms with E-state index in [9.17, 15) is 4.79 Å². The minimum atomic E-state index is 0.114. The van der Waals surface area contributed by atoms with Crippen LogP contribution in [0.5, 0.6) is 0 Å². The fraction of sp³-hybridized carbons (Fsp3) is 0.500. The summed E-state index contributed by atoms with van der Waals surface area (Å²) in [5.74, 6) is 0.519. The highest BCUT2D eigenvalue weighted by molar-refractivity contribution is 7.22. The molecule has 22 heavy (non-hydrogen) atoms. The van der Waals surface area contributed by atoms with Crippen molar-refractivity contribution in [2.75, 3.05) is 13.1 Å². The summed E-state index contributed by atoms with van der Waals surface area (Å²) in [7, 11) is 0. The zero-order valence-electron chi connectivity index (χ0n) is 12.9. The molecule has 3 heterocycles. The van der Waals surface area contributed by atoms with Gasteiger partial charge in [-0.05, 0) is 44.1 Å². The summed E-state index contributed by atoms with van der Waals surface area (Å²) in [6.07, 6.45) is 2.15. The summed E-state index contributed by atoms with van der Waals surface area (Å²) in [5, 5.41) is 2.97. The van der Waals surface area contributed by atoms with Gasteiger partial charge < -0.3 is 10.6 Å². The minimum Gasteiger partial charge on any atom is -0.338 e. The first-order valence-corrected chi connectivity index (χ1v) is 9.32. The number of piperidine rings is 1. The van der Waals surface area contributed by atoms with E-state index in [2.05, 4.69) is 4.98 Å². The van der Waals surface area contributed by atoms with E-state index in [1.165, 1.54) is 11.3 Å². The topological polar surface area (TPSA) is 59.2 Å². The van der Waals surface area contributed by atoms with E-state index in [4.69, 9.17) is 5.73 Å². The van der Waals surface area contributed by atoms with Gasteiger partial charge in [0.1, 0.15) is 9.88 Å². The minimum absolute atomic E-state index is 0.114. The molecule has 2 unspecified atom stereocenters. The number of nitrogens with zero attached hydrogens (tertiary/aromatic N) is 2. The number of rotatable bonds is 3. The predicted octanol–water partition coefficient (Wildman–Crippen LogP) is 3.38. The molecule has 4 nitrogen and oxygen atoms in total. The summed E-state index contributed by atoms with van der Waals surface area (Å²) < 4.78 is 0. The summed E-state index contributed by atoms with van der Waals surface area (Å²) >= 11 is 3.16. The van der Waals surface area contributed by atoms with E-state index in [0.717, 1.165) is 46.4 Å². The standard InChI is InChI=1S/C16H21N3OS2/c1-10(17)12-5-3-7-19(9-12)16(20)14-11(2)18-15(22-14)13-6-4-8-21-13/h4,6,8,10,12H,3,5,7,9,17H2,1-2H3. The second-order valence-electron chi connectivity index (χ2n) is 5.92. The van der Waals surface area contributed by atoms with Crippen LogP contribution in [0.4, 0.5) is 0 Å². The molecule has 6 heteroatoms. The van der Waals surface area contributed by atoms with E-state index < -0.39 is 0 Å². The second-order valence-corrected chi connectivity index (χ2v) is 7.87. The molecule has 1 saturated heterocycles. The molecule has 1 aliphatic rings. The smallest absolute Gasteiger partial charge is 0.265 e. The lowest BCUT2D eigenvalue weighted by Gasteiger charge is -2.34. The number of nitrogens with two attached hydrogens (primary N) is 1. The second kappa shape index (κ2) is 6.48. The molecule has 1 fully saturated rings. The van der Waals surface area contributed by atoms with Crippen LogP contribution in [0.3, 0.4) is 0 Å². The highest BCUT2D eigenvalue weighted by Crippen LogP contribution is 2.32. The molecule has 2 aromatic rings. The third-order valence-corrected chi connectivity index (χ3v) is 6.40. The molecule has 3 rings (SSSR count). The lowest BCUT2D eigenvalue weighted by Crippen LogP contribution is -2.45. The van der Waals surface area contributed by atoms with Crippen molar-refractivity contribution < 1.29 is 4.79 Å². The van der Waals surface area contributed by atoms with Gasteiger partial charge in [0.15, 0.2) is 0 Å². The molecule has 118 valence electrons. The van der Waals surface area contributed by atoms with Gasteiger partial charge in [-0.25, -0.2) is 4.98 Å². The molecular formula is C16H21N3OS2. The number of hydrogen-bond donors (Lipinski definition) is 1. The van der Waals surface area contributed by atoms with Crippen molar-refractivity contribution >= 4 is 28.6 Å². The Balaban J connectivity index is 1.80. The Morgan fingerprint density at radius 1 is 1.55 bits per heavy atom. The Bertz CT molecular complexity index is 648. The Kier molecular flexibility index (Phi) is 4.61. The number of carbonyl (C=O) groups is 1. The normalized spacial score (nSPS) is 20.1. The Labute approximate surface area is 139 Å². The van der Waals surface area contributed by atoms with Crippen molar-refractivity contribution in [3.05, 3.63) is 28.1 Å². The van der Waals surface area contributed by atoms with E-state index in [-0.39, 0.29) is 11.9 Å². The lowest BCUT2D eigenvalue weighted by atomic mass is 9.92. The highest BCUT2D eigenvalue weighted by Gasteiger charge is 2.28. The van der Waals surface area contributed by atoms with Gasteiger partial charge in [0.2, 0.25) is 0 Å². The van der Waals surface area contributed by atoms with Crippen LogP contribution in [0, 0.1) is 12.8 Å². The first kappa shape index (κ1) is 15.6. The average molecular weight is 335 g/mol. The molecule has 0 saturated carbocycles. The average Bonchev–Trinajstić information content (AvgIpc) is 3.16. The van der Waals surface area contributed by atoms with Gasteiger partial charge in [0, 0.05) is 19.1 Å². The van der Waals surface area contributed by atoms with Crippen molar-refractivity contribution in [3.8, 4) is 9.88 Å². The highest BCUT2D eigenvalue weighted by atomic mass is 32.1. The lowest BCUT2D eigenvalue weighted by molar-refractivity contribution is 0.0665. The molecule has 0 spiro atoms. The number of thiazole rings is 1. The molecule has 0 radical (unpaired) electrons. The summed E-state index contributed by atoms with van der Waals surface area (Å²) in [6.45, 7) is 5.55. The van der Waals surface area contributed by atoms with Crippen LogP contribution in [0.2, 0.25) is 0 Å². The van der Waals surface area contributed by atoms with Gasteiger partial charge in [-0.15, -0.1) is 22.7 Å². The third-order valence-electron chi connectivity index (χ3n) is 4.21. The number of thiophene rings is 1. The molecule has 0 aliphatic carbocycles. The van der Waals surface area contributed by atoms with E-state index >= 15 is 0 Å². The summed E-state index contributed by atoms with van der Waals surface area (Å²) in [6, 6.07) is 4.19. The first-order valence-electron chi connectivity index (χ1n) is 7.62. The number of carbonyl (C=O) groups excluding carboxylic acids is 1. The van der Waals surface area contributed by atoms with Crippen LogP contribution in [-0.2, 0) is 0 Å². The van der Waals surface area contributed by atoms with Gasteiger partial charge in [0.25, 0.3) is 5.91 Å². The van der Waals surface area contributed by atoms with Gasteiger partial charge in [0.05, 0.1) is 10.6 Å². The fourth-order valence-corrected chi connectivity index (χ4v) is 4.70. The monoisotopic (exact) mass is 335 g/mol. The van der Waals surface area contributed by atoms with Crippen molar-refractivity contribution in [2.45, 2.75) is 32.7 Å². The van der Waals surface area contributed by atoms with Crippen molar-refractivity contribution in [2.24, 2.45) is 11.7 Å². The van der Waals surface area contributed by atoms with Gasteiger partial charge in [-0.3, -0.25) is 4.79 Å². The molecular weight excluding hydrogens is 314 g/mol. The number of hydrogen-bond acceptors (Lipinski definition) is 5. The predicted molar refractivity (Wildman–Crippen MR) is 92.4 cm³/mol. The SMILES string of the molecule is Cc1nc(-c2cccs2)sc1C(=O)N1CCCC(C(C)N)C1. The van der Waals surface area contributed by atoms with Crippen LogP contribution in [0.15, 0.2) is 17.5 Å². The van der Waals surface area contributed by atoms with E-state index in [0.29, 0.717) is 5.92 Å². The molecule has 1 amide bonds. The van der Waals surface area contributed by atoms with Gasteiger partial charge >= 0.3 is 0 Å². The quantitative estimate of drug-likeness (QED) is 0.935. The van der Waals surface area contributed by atoms with Crippen molar-refractivity contribution in [1.82, 2.24) is 9.88 Å². The molecule has 0 bridgehead atoms. The third kappa shape index (κ3) is 3.09. The van der Waals surface area contributed by atoms with Gasteiger partial charge in [-0.2, -0.15) is 0 Å². The maximum absolute atomic E-state index is 12.8. The number of aryl methyl sites for hydroxylation is 1. The zero-order valence-corrected chi connectivity index (χ0v) is 14.5. The first-order chi connectivity index (χ1) is 10.6. The van der Waals surface area contributed by atoms with Crippen molar-refractivity contribution in [1.29, 1.82) is 0 Å². The Hall–Kier alpha value is -1.24. The zero-order chi connectivity index (χ0) is 15.7. The molecule has 2 atom stereocenters. The van der Waals surface area contributed by atoms with Crippen LogP contribution in [-0.4, -0.2) is 34.9 Å². The summed E-state index contributed by atoms with van der Waals surface area (Å²) in [5.41, 5.74) is 6.85. The van der Waals surface area contributed by atoms with E-state index in [1.54, 1.807) is 11.3 Å². The van der Waals surface area contributed by atoms with Gasteiger partial charge in [-0.1, -0.05) is 6.07 Å². The maximum atomic E-state index is 12.8. The van der Waals surface area contributed by atoms with Crippen LogP contribution in [0.1, 0.15) is 35.1 Å². The fourth-order valence-electron chi connectivity index (χ4n) is 2.87. The largest absolute Gasteiger partial charge is 0.338 e. The molecule has 1 aliphatic heterocycles. The molecule has 2 N–H and O–H groups in total. The Morgan fingerprint density at radius 2 is 2.36 bits per heavy atom. The maximum Gasteiger partial charge on any atom is 0.265 e. The van der Waals surface area contributed by atoms with Crippen LogP contribution < -0.4 is 5.73 Å². The molecule has 2 aromatic heterocycles. The van der Waals surface area contributed by atoms with E-state index in [1.807, 2.05) is 36.3 Å². The number of amides is 1. The molecule has 0 aromatic carbocycles. The number of aromatic nitrogens is 1. The summed E-state index contributed by atoms with van der Waals surface area (Å²) in [4.78, 5) is 21.3. The van der Waals surface area contributed by atoms with Crippen LogP contribution >= 0.6 is 22.7 Å². The van der Waals surface area contributed by atoms with Crippen LogP contribution in [0.25, 0.3) is 9.88 Å².